The van der Waals surface area contributed by atoms with Gasteiger partial charge in [0, 0.05) is 45.0 Å². The number of anilines is 2. The van der Waals surface area contributed by atoms with Crippen LogP contribution < -0.4 is 15.1 Å². The summed E-state index contributed by atoms with van der Waals surface area (Å²) in [6.07, 6.45) is 5.82. The molecule has 5 heterocycles. The average Bonchev–Trinajstić information content (AvgIpc) is 3.33. The summed E-state index contributed by atoms with van der Waals surface area (Å²) in [5.74, 6) is 0.974. The molecule has 0 aliphatic carbocycles. The zero-order valence-electron chi connectivity index (χ0n) is 24.6. The fourth-order valence-electron chi connectivity index (χ4n) is 5.32. The Bertz CT molecular complexity index is 1430. The molecule has 3 aromatic heterocycles. The number of amides is 2. The smallest absolute Gasteiger partial charge is 0.410 e. The van der Waals surface area contributed by atoms with Gasteiger partial charge in [-0.3, -0.25) is 4.79 Å². The number of rotatable bonds is 6. The van der Waals surface area contributed by atoms with Crippen LogP contribution in [0.4, 0.5) is 16.6 Å². The van der Waals surface area contributed by atoms with Crippen LogP contribution in [0.2, 0.25) is 5.02 Å². The molecule has 2 aliphatic heterocycles. The number of nitrogens with one attached hydrogen (secondary N) is 1. The maximum Gasteiger partial charge on any atom is 0.410 e. The molecule has 2 atom stereocenters. The van der Waals surface area contributed by atoms with Crippen LogP contribution in [0.3, 0.4) is 0 Å². The van der Waals surface area contributed by atoms with Crippen molar-refractivity contribution in [2.75, 3.05) is 42.5 Å². The van der Waals surface area contributed by atoms with Gasteiger partial charge in [0.2, 0.25) is 11.9 Å². The zero-order valence-corrected chi connectivity index (χ0v) is 25.4. The van der Waals surface area contributed by atoms with Crippen LogP contribution in [0.25, 0.3) is 5.65 Å². The number of hydrogen-bond donors (Lipinski definition) is 1. The average molecular weight is 583 g/mol. The first kappa shape index (κ1) is 28.9. The van der Waals surface area contributed by atoms with Crippen molar-refractivity contribution in [3.63, 3.8) is 0 Å². The maximum atomic E-state index is 13.3. The highest BCUT2D eigenvalue weighted by Crippen LogP contribution is 2.33. The van der Waals surface area contributed by atoms with Gasteiger partial charge in [-0.05, 0) is 53.2 Å². The van der Waals surface area contributed by atoms with E-state index < -0.39 is 11.1 Å². The van der Waals surface area contributed by atoms with Crippen LogP contribution in [0.15, 0.2) is 36.8 Å². The molecular formula is C29H39ClN8O3. The van der Waals surface area contributed by atoms with Crippen molar-refractivity contribution in [1.29, 1.82) is 0 Å². The van der Waals surface area contributed by atoms with Gasteiger partial charge in [0.15, 0.2) is 5.82 Å². The highest BCUT2D eigenvalue weighted by molar-refractivity contribution is 6.32. The van der Waals surface area contributed by atoms with E-state index in [1.165, 1.54) is 0 Å². The quantitative estimate of drug-likeness (QED) is 0.463. The molecule has 0 bridgehead atoms. The molecule has 2 saturated heterocycles. The number of piperazine rings is 1. The number of carbonyl (C=O) groups excluding carboxylic acids is 2. The summed E-state index contributed by atoms with van der Waals surface area (Å²) in [5, 5.41) is 3.72. The van der Waals surface area contributed by atoms with Crippen molar-refractivity contribution in [2.24, 2.45) is 5.92 Å². The van der Waals surface area contributed by atoms with Gasteiger partial charge in [-0.25, -0.2) is 14.8 Å². The molecule has 2 amide bonds. The fourth-order valence-corrected chi connectivity index (χ4v) is 5.53. The Morgan fingerprint density at radius 3 is 2.54 bits per heavy atom. The first-order chi connectivity index (χ1) is 19.4. The lowest BCUT2D eigenvalue weighted by molar-refractivity contribution is -0.127. The molecule has 0 saturated carbocycles. The molecule has 12 heteroatoms. The molecule has 11 nitrogen and oxygen atoms in total. The number of carbonyl (C=O) groups is 2. The van der Waals surface area contributed by atoms with Gasteiger partial charge in [-0.15, -0.1) is 0 Å². The molecule has 41 heavy (non-hydrogen) atoms. The summed E-state index contributed by atoms with van der Waals surface area (Å²) in [6.45, 7) is 14.3. The monoisotopic (exact) mass is 582 g/mol. The predicted molar refractivity (Wildman–Crippen MR) is 158 cm³/mol. The molecule has 5 rings (SSSR count). The van der Waals surface area contributed by atoms with Crippen LogP contribution in [0, 0.1) is 5.92 Å². The summed E-state index contributed by atoms with van der Waals surface area (Å²) in [7, 11) is 0. The molecule has 0 aromatic carbocycles. The number of aromatic nitrogens is 4. The minimum absolute atomic E-state index is 0.00577. The Labute approximate surface area is 245 Å². The standard InChI is InChI=1S/C29H39ClN8O3/c1-7-29(6,22-15-31-23-10-8-9-11-38(22)23)34-25(39)20-17-36(18-20)24-21(30)14-32-26(33-24)37-13-12-35(16-19(37)2)27(40)41-28(3,4)5/h8-11,14-15,19-20H,7,12-13,16-18H2,1-6H3,(H,34,39)/t19-,29+/m0/s1. The maximum absolute atomic E-state index is 13.3. The number of nitrogens with zero attached hydrogens (tertiary/aromatic N) is 7. The Balaban J connectivity index is 1.22. The van der Waals surface area contributed by atoms with Crippen LogP contribution >= 0.6 is 11.6 Å². The topological polar surface area (TPSA) is 108 Å². The third-order valence-corrected chi connectivity index (χ3v) is 8.16. The van der Waals surface area contributed by atoms with Crippen molar-refractivity contribution >= 4 is 41.0 Å². The zero-order chi connectivity index (χ0) is 29.5. The highest BCUT2D eigenvalue weighted by Gasteiger charge is 2.39. The van der Waals surface area contributed by atoms with E-state index >= 15 is 0 Å². The lowest BCUT2D eigenvalue weighted by atomic mass is 9.91. The summed E-state index contributed by atoms with van der Waals surface area (Å²) in [5.41, 5.74) is 0.696. The highest BCUT2D eigenvalue weighted by atomic mass is 35.5. The van der Waals surface area contributed by atoms with Crippen molar-refractivity contribution in [3.05, 3.63) is 47.5 Å². The van der Waals surface area contributed by atoms with E-state index in [0.29, 0.717) is 49.5 Å². The van der Waals surface area contributed by atoms with Crippen LogP contribution in [0.5, 0.6) is 0 Å². The summed E-state index contributed by atoms with van der Waals surface area (Å²) >= 11 is 6.52. The predicted octanol–water partition coefficient (Wildman–Crippen LogP) is 4.10. The second kappa shape index (κ2) is 11.0. The van der Waals surface area contributed by atoms with Crippen LogP contribution in [-0.4, -0.2) is 80.6 Å². The van der Waals surface area contributed by atoms with E-state index in [4.69, 9.17) is 21.3 Å². The molecular weight excluding hydrogens is 544 g/mol. The molecule has 0 radical (unpaired) electrons. The van der Waals surface area contributed by atoms with E-state index in [0.717, 1.165) is 17.8 Å². The Morgan fingerprint density at radius 1 is 1.10 bits per heavy atom. The Morgan fingerprint density at radius 2 is 1.85 bits per heavy atom. The summed E-state index contributed by atoms with van der Waals surface area (Å²) < 4.78 is 7.56. The number of fused-ring (bicyclic) bond motifs is 1. The summed E-state index contributed by atoms with van der Waals surface area (Å²) in [6, 6.07) is 5.85. The van der Waals surface area contributed by atoms with Gasteiger partial charge in [-0.1, -0.05) is 24.6 Å². The minimum atomic E-state index is -0.560. The first-order valence-corrected chi connectivity index (χ1v) is 14.5. The number of imidazole rings is 1. The van der Waals surface area contributed by atoms with E-state index in [1.54, 1.807) is 11.1 Å². The number of hydrogen-bond acceptors (Lipinski definition) is 8. The van der Waals surface area contributed by atoms with Gasteiger partial charge in [-0.2, -0.15) is 4.98 Å². The minimum Gasteiger partial charge on any atom is -0.444 e. The largest absolute Gasteiger partial charge is 0.444 e. The van der Waals surface area contributed by atoms with E-state index in [2.05, 4.69) is 27.1 Å². The van der Waals surface area contributed by atoms with Gasteiger partial charge in [0.1, 0.15) is 16.3 Å². The van der Waals surface area contributed by atoms with E-state index in [1.807, 2.05) is 74.5 Å². The molecule has 0 unspecified atom stereocenters. The van der Waals surface area contributed by atoms with Crippen LogP contribution in [-0.2, 0) is 15.1 Å². The molecule has 2 fully saturated rings. The lowest BCUT2D eigenvalue weighted by Gasteiger charge is -2.42. The third kappa shape index (κ3) is 5.91. The summed E-state index contributed by atoms with van der Waals surface area (Å²) in [4.78, 5) is 45.5. The van der Waals surface area contributed by atoms with Crippen molar-refractivity contribution in [2.45, 2.75) is 65.1 Å². The molecule has 2 aliphatic rings. The second-order valence-electron chi connectivity index (χ2n) is 12.2. The van der Waals surface area contributed by atoms with Gasteiger partial charge in [0.05, 0.1) is 29.5 Å². The molecule has 3 aromatic rings. The van der Waals surface area contributed by atoms with Gasteiger partial charge < -0.3 is 29.2 Å². The number of ether oxygens (including phenoxy) is 1. The van der Waals surface area contributed by atoms with E-state index in [-0.39, 0.29) is 24.0 Å². The lowest BCUT2D eigenvalue weighted by Crippen LogP contribution is -2.57. The fraction of sp³-hybridized carbons (Fsp3) is 0.552. The van der Waals surface area contributed by atoms with Crippen molar-refractivity contribution in [3.8, 4) is 0 Å². The molecule has 0 spiro atoms. The van der Waals surface area contributed by atoms with Crippen molar-refractivity contribution in [1.82, 2.24) is 29.6 Å². The molecule has 220 valence electrons. The number of pyridine rings is 1. The second-order valence-corrected chi connectivity index (χ2v) is 12.6. The molecule has 1 N–H and O–H groups in total. The number of halogens is 1. The SMILES string of the molecule is CC[C@@](C)(NC(=O)C1CN(c2nc(N3CCN(C(=O)OC(C)(C)C)C[C@@H]3C)ncc2Cl)C1)c1cnc2ccccn12. The van der Waals surface area contributed by atoms with Gasteiger partial charge in [0.25, 0.3) is 0 Å². The first-order valence-electron chi connectivity index (χ1n) is 14.1. The van der Waals surface area contributed by atoms with Crippen molar-refractivity contribution < 1.29 is 14.3 Å². The van der Waals surface area contributed by atoms with E-state index in [9.17, 15) is 9.59 Å². The van der Waals surface area contributed by atoms with Gasteiger partial charge >= 0.3 is 6.09 Å². The van der Waals surface area contributed by atoms with Crippen LogP contribution in [0.1, 0.15) is 53.7 Å². The normalized spacial score (nSPS) is 19.6. The Kier molecular flexibility index (Phi) is 7.76. The Hall–Kier alpha value is -3.60. The third-order valence-electron chi connectivity index (χ3n) is 7.89.